The smallest absolute Gasteiger partial charge is 0.272 e. The molecular formula is C16H17Cl2N5O. The van der Waals surface area contributed by atoms with Gasteiger partial charge in [-0.3, -0.25) is 4.79 Å². The predicted octanol–water partition coefficient (Wildman–Crippen LogP) is 2.91. The van der Waals surface area contributed by atoms with Crippen molar-refractivity contribution in [1.82, 2.24) is 19.8 Å². The Balaban J connectivity index is 1.75. The Morgan fingerprint density at radius 3 is 2.38 bits per heavy atom. The Bertz CT molecular complexity index is 727. The molecule has 1 aliphatic rings. The summed E-state index contributed by atoms with van der Waals surface area (Å²) in [4.78, 5) is 24.8. The van der Waals surface area contributed by atoms with Crippen LogP contribution in [0.3, 0.4) is 0 Å². The number of halogens is 2. The van der Waals surface area contributed by atoms with Gasteiger partial charge in [0.1, 0.15) is 17.8 Å². The lowest BCUT2D eigenvalue weighted by atomic mass is 10.2. The van der Waals surface area contributed by atoms with Gasteiger partial charge in [-0.15, -0.1) is 0 Å². The fourth-order valence-electron chi connectivity index (χ4n) is 2.49. The van der Waals surface area contributed by atoms with Gasteiger partial charge >= 0.3 is 0 Å². The molecule has 3 rings (SSSR count). The third kappa shape index (κ3) is 4.14. The summed E-state index contributed by atoms with van der Waals surface area (Å²) in [5.41, 5.74) is 1.06. The minimum Gasteiger partial charge on any atom is -0.340 e. The number of nitrogens with one attached hydrogen (secondary N) is 1. The second kappa shape index (κ2) is 7.34. The second-order valence-corrected chi connectivity index (χ2v) is 6.54. The summed E-state index contributed by atoms with van der Waals surface area (Å²) in [5, 5.41) is 4.13. The van der Waals surface area contributed by atoms with Gasteiger partial charge in [0.25, 0.3) is 5.91 Å². The quantitative estimate of drug-likeness (QED) is 0.905. The van der Waals surface area contributed by atoms with E-state index in [0.717, 1.165) is 13.1 Å². The van der Waals surface area contributed by atoms with Gasteiger partial charge in [-0.1, -0.05) is 23.2 Å². The van der Waals surface area contributed by atoms with E-state index in [-0.39, 0.29) is 5.91 Å². The van der Waals surface area contributed by atoms with Crippen molar-refractivity contribution >= 4 is 40.6 Å². The van der Waals surface area contributed by atoms with Crippen molar-refractivity contribution in [3.05, 3.63) is 46.3 Å². The number of hydrogen-bond acceptors (Lipinski definition) is 5. The summed E-state index contributed by atoms with van der Waals surface area (Å²) in [6.45, 7) is 3.13. The van der Waals surface area contributed by atoms with Crippen LogP contribution in [0, 0.1) is 0 Å². The molecular weight excluding hydrogens is 349 g/mol. The van der Waals surface area contributed by atoms with Crippen LogP contribution in [0.25, 0.3) is 0 Å². The first kappa shape index (κ1) is 17.0. The van der Waals surface area contributed by atoms with Crippen LogP contribution in [-0.4, -0.2) is 58.9 Å². The van der Waals surface area contributed by atoms with Gasteiger partial charge < -0.3 is 15.1 Å². The van der Waals surface area contributed by atoms with E-state index in [1.807, 2.05) is 11.9 Å². The number of amides is 1. The van der Waals surface area contributed by atoms with E-state index in [1.54, 1.807) is 24.3 Å². The van der Waals surface area contributed by atoms with Gasteiger partial charge in [0.05, 0.1) is 0 Å². The van der Waals surface area contributed by atoms with E-state index < -0.39 is 0 Å². The fraction of sp³-hybridized carbons (Fsp3) is 0.312. The van der Waals surface area contributed by atoms with Crippen molar-refractivity contribution in [2.45, 2.75) is 0 Å². The van der Waals surface area contributed by atoms with Gasteiger partial charge in [0.15, 0.2) is 0 Å². The first-order valence-corrected chi connectivity index (χ1v) is 8.30. The molecule has 1 fully saturated rings. The fourth-order valence-corrected chi connectivity index (χ4v) is 3.01. The molecule has 24 heavy (non-hydrogen) atoms. The van der Waals surface area contributed by atoms with Gasteiger partial charge in [-0.2, -0.15) is 0 Å². The molecule has 0 aliphatic carbocycles. The highest BCUT2D eigenvalue weighted by molar-refractivity contribution is 6.35. The van der Waals surface area contributed by atoms with E-state index in [9.17, 15) is 4.79 Å². The van der Waals surface area contributed by atoms with E-state index in [4.69, 9.17) is 23.2 Å². The van der Waals surface area contributed by atoms with E-state index in [1.165, 1.54) is 6.33 Å². The SMILES string of the molecule is CN1CCN(C(=O)c2cc(Nc3cc(Cl)cc(Cl)c3)ncn2)CC1. The molecule has 1 aromatic heterocycles. The Labute approximate surface area is 150 Å². The minimum absolute atomic E-state index is 0.0855. The average Bonchev–Trinajstić information content (AvgIpc) is 2.54. The molecule has 2 aromatic rings. The number of benzene rings is 1. The Morgan fingerprint density at radius 2 is 1.71 bits per heavy atom. The lowest BCUT2D eigenvalue weighted by molar-refractivity contribution is 0.0658. The first-order valence-electron chi connectivity index (χ1n) is 7.54. The Kier molecular flexibility index (Phi) is 5.18. The van der Waals surface area contributed by atoms with E-state index in [0.29, 0.717) is 40.3 Å². The van der Waals surface area contributed by atoms with Crippen LogP contribution in [0.2, 0.25) is 10.0 Å². The lowest BCUT2D eigenvalue weighted by Crippen LogP contribution is -2.47. The van der Waals surface area contributed by atoms with Gasteiger partial charge in [-0.05, 0) is 25.2 Å². The molecule has 1 amide bonds. The van der Waals surface area contributed by atoms with Crippen molar-refractivity contribution < 1.29 is 4.79 Å². The molecule has 2 heterocycles. The first-order chi connectivity index (χ1) is 11.5. The molecule has 0 unspecified atom stereocenters. The maximum Gasteiger partial charge on any atom is 0.272 e. The third-order valence-corrected chi connectivity index (χ3v) is 4.25. The molecule has 1 aliphatic heterocycles. The molecule has 6 nitrogen and oxygen atoms in total. The zero-order valence-electron chi connectivity index (χ0n) is 13.2. The maximum absolute atomic E-state index is 12.6. The number of likely N-dealkylation sites (N-methyl/N-ethyl adjacent to an activating group) is 1. The lowest BCUT2D eigenvalue weighted by Gasteiger charge is -2.32. The highest BCUT2D eigenvalue weighted by Gasteiger charge is 2.21. The van der Waals surface area contributed by atoms with Crippen molar-refractivity contribution in [1.29, 1.82) is 0 Å². The number of hydrogen-bond donors (Lipinski definition) is 1. The highest BCUT2D eigenvalue weighted by atomic mass is 35.5. The number of aromatic nitrogens is 2. The largest absolute Gasteiger partial charge is 0.340 e. The standard InChI is InChI=1S/C16H17Cl2N5O/c1-22-2-4-23(5-3-22)16(24)14-9-15(20-10-19-14)21-13-7-11(17)6-12(18)8-13/h6-10H,2-5H2,1H3,(H,19,20,21). The van der Waals surface area contributed by atoms with Crippen LogP contribution in [0.1, 0.15) is 10.5 Å². The van der Waals surface area contributed by atoms with Crippen LogP contribution in [-0.2, 0) is 0 Å². The second-order valence-electron chi connectivity index (χ2n) is 5.67. The molecule has 8 heteroatoms. The minimum atomic E-state index is -0.0855. The monoisotopic (exact) mass is 365 g/mol. The Morgan fingerprint density at radius 1 is 1.04 bits per heavy atom. The summed E-state index contributed by atoms with van der Waals surface area (Å²) in [6.07, 6.45) is 1.37. The summed E-state index contributed by atoms with van der Waals surface area (Å²) < 4.78 is 0. The van der Waals surface area contributed by atoms with Crippen molar-refractivity contribution in [2.75, 3.05) is 38.5 Å². The average molecular weight is 366 g/mol. The summed E-state index contributed by atoms with van der Waals surface area (Å²) in [7, 11) is 2.05. The number of carbonyl (C=O) groups is 1. The third-order valence-electron chi connectivity index (χ3n) is 3.81. The zero-order valence-corrected chi connectivity index (χ0v) is 14.7. The van der Waals surface area contributed by atoms with Crippen LogP contribution in [0.5, 0.6) is 0 Å². The van der Waals surface area contributed by atoms with Gasteiger partial charge in [-0.25, -0.2) is 9.97 Å². The van der Waals surface area contributed by atoms with Crippen LogP contribution < -0.4 is 5.32 Å². The number of nitrogens with zero attached hydrogens (tertiary/aromatic N) is 4. The molecule has 0 spiro atoms. The van der Waals surface area contributed by atoms with Crippen molar-refractivity contribution in [2.24, 2.45) is 0 Å². The number of piperazine rings is 1. The molecule has 0 atom stereocenters. The van der Waals surface area contributed by atoms with Crippen molar-refractivity contribution in [3.8, 4) is 0 Å². The molecule has 1 aromatic carbocycles. The zero-order chi connectivity index (χ0) is 17.1. The molecule has 0 radical (unpaired) electrons. The Hall–Kier alpha value is -1.89. The summed E-state index contributed by atoms with van der Waals surface area (Å²) in [6, 6.07) is 6.75. The number of rotatable bonds is 3. The van der Waals surface area contributed by atoms with Crippen LogP contribution in [0.4, 0.5) is 11.5 Å². The van der Waals surface area contributed by atoms with Crippen LogP contribution >= 0.6 is 23.2 Å². The van der Waals surface area contributed by atoms with Gasteiger partial charge in [0.2, 0.25) is 0 Å². The molecule has 0 saturated carbocycles. The van der Waals surface area contributed by atoms with E-state index in [2.05, 4.69) is 20.2 Å². The van der Waals surface area contributed by atoms with Gasteiger partial charge in [0, 0.05) is 48.0 Å². The molecule has 126 valence electrons. The normalized spacial score (nSPS) is 15.4. The number of anilines is 2. The molecule has 1 saturated heterocycles. The topological polar surface area (TPSA) is 61.4 Å². The molecule has 1 N–H and O–H groups in total. The highest BCUT2D eigenvalue weighted by Crippen LogP contribution is 2.24. The number of carbonyl (C=O) groups excluding carboxylic acids is 1. The summed E-state index contributed by atoms with van der Waals surface area (Å²) in [5.74, 6) is 0.429. The van der Waals surface area contributed by atoms with Crippen molar-refractivity contribution in [3.63, 3.8) is 0 Å². The van der Waals surface area contributed by atoms with E-state index >= 15 is 0 Å². The predicted molar refractivity (Wildman–Crippen MR) is 95.2 cm³/mol. The maximum atomic E-state index is 12.6. The summed E-state index contributed by atoms with van der Waals surface area (Å²) >= 11 is 12.0. The molecule has 0 bridgehead atoms. The van der Waals surface area contributed by atoms with Crippen LogP contribution in [0.15, 0.2) is 30.6 Å².